The van der Waals surface area contributed by atoms with Crippen molar-refractivity contribution < 1.29 is 14.3 Å². The van der Waals surface area contributed by atoms with Crippen molar-refractivity contribution in [1.82, 2.24) is 4.57 Å². The van der Waals surface area contributed by atoms with Crippen LogP contribution in [0.3, 0.4) is 0 Å². The van der Waals surface area contributed by atoms with Gasteiger partial charge in [-0.15, -0.1) is 0 Å². The van der Waals surface area contributed by atoms with Crippen molar-refractivity contribution in [2.24, 2.45) is 0 Å². The summed E-state index contributed by atoms with van der Waals surface area (Å²) in [7, 11) is 0. The van der Waals surface area contributed by atoms with Crippen LogP contribution < -0.4 is 5.56 Å². The van der Waals surface area contributed by atoms with Gasteiger partial charge in [-0.1, -0.05) is 0 Å². The third kappa shape index (κ3) is 2.27. The minimum absolute atomic E-state index is 0.299. The second-order valence-electron chi connectivity index (χ2n) is 4.32. The molecule has 1 aromatic heterocycles. The summed E-state index contributed by atoms with van der Waals surface area (Å²) in [6.45, 7) is 3.25. The van der Waals surface area contributed by atoms with E-state index in [0.717, 1.165) is 0 Å². The summed E-state index contributed by atoms with van der Waals surface area (Å²) in [5, 5.41) is 9.18. The van der Waals surface area contributed by atoms with Crippen LogP contribution in [0.5, 0.6) is 0 Å². The van der Waals surface area contributed by atoms with Crippen LogP contribution in [0.2, 0.25) is 0 Å². The van der Waals surface area contributed by atoms with Crippen LogP contribution >= 0.6 is 15.9 Å². The van der Waals surface area contributed by atoms with E-state index in [0.29, 0.717) is 21.4 Å². The zero-order valence-corrected chi connectivity index (χ0v) is 12.4. The third-order valence-electron chi connectivity index (χ3n) is 3.07. The number of hydrogen-bond donors (Lipinski definition) is 1. The Balaban J connectivity index is 2.86. The maximum absolute atomic E-state index is 13.0. The predicted molar refractivity (Wildman–Crippen MR) is 76.1 cm³/mol. The quantitative estimate of drug-likeness (QED) is 0.914. The smallest absolute Gasteiger partial charge is 0.341 e. The van der Waals surface area contributed by atoms with Crippen LogP contribution in [0.25, 0.3) is 5.69 Å². The summed E-state index contributed by atoms with van der Waals surface area (Å²) < 4.78 is 14.8. The SMILES string of the molecule is Cc1c(Br)c(C)n(-c2ccc(F)cc2)c(=O)c1C(=O)O. The molecule has 2 rings (SSSR count). The highest BCUT2D eigenvalue weighted by Crippen LogP contribution is 2.24. The van der Waals surface area contributed by atoms with Crippen molar-refractivity contribution in [3.63, 3.8) is 0 Å². The first-order valence-electron chi connectivity index (χ1n) is 5.75. The molecule has 0 saturated carbocycles. The highest BCUT2D eigenvalue weighted by molar-refractivity contribution is 9.10. The lowest BCUT2D eigenvalue weighted by atomic mass is 10.1. The third-order valence-corrected chi connectivity index (χ3v) is 4.24. The zero-order chi connectivity index (χ0) is 15.0. The van der Waals surface area contributed by atoms with Gasteiger partial charge in [-0.3, -0.25) is 9.36 Å². The summed E-state index contributed by atoms with van der Waals surface area (Å²) in [5.41, 5.74) is 0.411. The molecule has 20 heavy (non-hydrogen) atoms. The Kier molecular flexibility index (Phi) is 3.76. The largest absolute Gasteiger partial charge is 0.477 e. The highest BCUT2D eigenvalue weighted by atomic mass is 79.9. The number of benzene rings is 1. The van der Waals surface area contributed by atoms with Crippen molar-refractivity contribution in [2.45, 2.75) is 13.8 Å². The number of carboxylic acids is 1. The van der Waals surface area contributed by atoms with Crippen molar-refractivity contribution in [3.05, 3.63) is 61.7 Å². The lowest BCUT2D eigenvalue weighted by Gasteiger charge is -2.15. The fraction of sp³-hybridized carbons (Fsp3) is 0.143. The average Bonchev–Trinajstić information content (AvgIpc) is 2.38. The molecule has 1 N–H and O–H groups in total. The number of halogens is 2. The lowest BCUT2D eigenvalue weighted by Crippen LogP contribution is -2.28. The number of rotatable bonds is 2. The molecule has 0 spiro atoms. The fourth-order valence-corrected chi connectivity index (χ4v) is 2.43. The molecule has 0 amide bonds. The van der Waals surface area contributed by atoms with Crippen LogP contribution in [-0.4, -0.2) is 15.6 Å². The number of hydrogen-bond acceptors (Lipinski definition) is 2. The molecule has 4 nitrogen and oxygen atoms in total. The number of carbonyl (C=O) groups is 1. The van der Waals surface area contributed by atoms with E-state index in [2.05, 4.69) is 15.9 Å². The van der Waals surface area contributed by atoms with E-state index in [1.807, 2.05) is 0 Å². The highest BCUT2D eigenvalue weighted by Gasteiger charge is 2.21. The van der Waals surface area contributed by atoms with E-state index in [1.165, 1.54) is 28.8 Å². The maximum atomic E-state index is 13.0. The number of carboxylic acid groups (broad SMARTS) is 1. The molecule has 1 aromatic carbocycles. The molecule has 0 bridgehead atoms. The Morgan fingerprint density at radius 1 is 1.25 bits per heavy atom. The van der Waals surface area contributed by atoms with Crippen LogP contribution in [0.15, 0.2) is 33.5 Å². The Hall–Kier alpha value is -1.95. The van der Waals surface area contributed by atoms with Crippen molar-refractivity contribution >= 4 is 21.9 Å². The molecule has 0 aliphatic heterocycles. The van der Waals surface area contributed by atoms with Gasteiger partial charge in [-0.25, -0.2) is 9.18 Å². The zero-order valence-electron chi connectivity index (χ0n) is 10.8. The van der Waals surface area contributed by atoms with Gasteiger partial charge in [0, 0.05) is 15.9 Å². The first kappa shape index (κ1) is 14.5. The number of aromatic nitrogens is 1. The molecule has 0 fully saturated rings. The number of pyridine rings is 1. The minimum atomic E-state index is -1.29. The van der Waals surface area contributed by atoms with Crippen LogP contribution in [0, 0.1) is 19.7 Å². The molecular weight excluding hydrogens is 329 g/mol. The summed E-state index contributed by atoms with van der Waals surface area (Å²) in [5.74, 6) is -1.71. The van der Waals surface area contributed by atoms with Gasteiger partial charge in [0.15, 0.2) is 0 Å². The summed E-state index contributed by atoms with van der Waals surface area (Å²) in [6.07, 6.45) is 0. The van der Waals surface area contributed by atoms with Crippen LogP contribution in [0.4, 0.5) is 4.39 Å². The molecule has 0 aliphatic carbocycles. The molecule has 2 aromatic rings. The van der Waals surface area contributed by atoms with Gasteiger partial charge in [0.2, 0.25) is 0 Å². The lowest BCUT2D eigenvalue weighted by molar-refractivity contribution is 0.0693. The number of nitrogens with zero attached hydrogens (tertiary/aromatic N) is 1. The van der Waals surface area contributed by atoms with Crippen LogP contribution in [0.1, 0.15) is 21.6 Å². The normalized spacial score (nSPS) is 10.6. The second kappa shape index (κ2) is 5.20. The second-order valence-corrected chi connectivity index (χ2v) is 5.11. The van der Waals surface area contributed by atoms with E-state index >= 15 is 0 Å². The van der Waals surface area contributed by atoms with Gasteiger partial charge in [-0.2, -0.15) is 0 Å². The van der Waals surface area contributed by atoms with Gasteiger partial charge in [0.25, 0.3) is 5.56 Å². The summed E-state index contributed by atoms with van der Waals surface area (Å²) >= 11 is 3.30. The Morgan fingerprint density at radius 3 is 2.30 bits per heavy atom. The van der Waals surface area contributed by atoms with E-state index in [-0.39, 0.29) is 5.56 Å². The molecule has 0 radical (unpaired) electrons. The van der Waals surface area contributed by atoms with E-state index in [1.54, 1.807) is 13.8 Å². The van der Waals surface area contributed by atoms with E-state index in [4.69, 9.17) is 0 Å². The Morgan fingerprint density at radius 2 is 1.80 bits per heavy atom. The molecule has 1 heterocycles. The van der Waals surface area contributed by atoms with Gasteiger partial charge < -0.3 is 5.11 Å². The molecule has 104 valence electrons. The fourth-order valence-electron chi connectivity index (χ4n) is 2.06. The van der Waals surface area contributed by atoms with Gasteiger partial charge in [0.1, 0.15) is 11.4 Å². The Bertz CT molecular complexity index is 750. The average molecular weight is 340 g/mol. The van der Waals surface area contributed by atoms with Crippen molar-refractivity contribution in [2.75, 3.05) is 0 Å². The molecular formula is C14H11BrFNO3. The summed E-state index contributed by atoms with van der Waals surface area (Å²) in [6, 6.07) is 5.29. The topological polar surface area (TPSA) is 59.3 Å². The van der Waals surface area contributed by atoms with Crippen molar-refractivity contribution in [3.8, 4) is 5.69 Å². The van der Waals surface area contributed by atoms with E-state index < -0.39 is 17.3 Å². The standard InChI is InChI=1S/C14H11BrFNO3/c1-7-11(14(19)20)13(18)17(8(2)12(7)15)10-5-3-9(16)4-6-10/h3-6H,1-2H3,(H,19,20). The van der Waals surface area contributed by atoms with Gasteiger partial charge >= 0.3 is 5.97 Å². The van der Waals surface area contributed by atoms with Gasteiger partial charge in [-0.05, 0) is 59.6 Å². The molecule has 0 atom stereocenters. The minimum Gasteiger partial charge on any atom is -0.477 e. The molecule has 6 heteroatoms. The van der Waals surface area contributed by atoms with E-state index in [9.17, 15) is 19.1 Å². The molecule has 0 aliphatic rings. The van der Waals surface area contributed by atoms with Gasteiger partial charge in [0.05, 0.1) is 0 Å². The monoisotopic (exact) mass is 339 g/mol. The van der Waals surface area contributed by atoms with Crippen LogP contribution in [-0.2, 0) is 0 Å². The first-order valence-corrected chi connectivity index (χ1v) is 6.55. The first-order chi connectivity index (χ1) is 9.34. The summed E-state index contributed by atoms with van der Waals surface area (Å²) in [4.78, 5) is 23.6. The maximum Gasteiger partial charge on any atom is 0.341 e. The number of aromatic carboxylic acids is 1. The van der Waals surface area contributed by atoms with Crippen molar-refractivity contribution in [1.29, 1.82) is 0 Å². The molecule has 0 saturated heterocycles. The predicted octanol–water partition coefficient (Wildman–Crippen LogP) is 3.05. The molecule has 0 unspecified atom stereocenters. The Labute approximate surface area is 122 Å².